The van der Waals surface area contributed by atoms with E-state index in [4.69, 9.17) is 21.7 Å². The van der Waals surface area contributed by atoms with Gasteiger partial charge in [-0.3, -0.25) is 4.79 Å². The Kier molecular flexibility index (Phi) is 5.96. The molecule has 0 aromatic heterocycles. The summed E-state index contributed by atoms with van der Waals surface area (Å²) in [6.07, 6.45) is 1.79. The molecule has 134 valence electrons. The number of thiocarbonyl (C=S) groups is 1. The second-order valence-corrected chi connectivity index (χ2v) is 7.57. The minimum Gasteiger partial charge on any atom is -0.490 e. The molecule has 0 spiro atoms. The summed E-state index contributed by atoms with van der Waals surface area (Å²) < 4.78 is 12.1. The first-order valence-corrected chi connectivity index (χ1v) is 9.42. The van der Waals surface area contributed by atoms with E-state index in [9.17, 15) is 4.79 Å². The van der Waals surface area contributed by atoms with Crippen LogP contribution >= 0.6 is 24.0 Å². The molecule has 1 fully saturated rings. The van der Waals surface area contributed by atoms with Gasteiger partial charge in [0.15, 0.2) is 0 Å². The lowest BCUT2D eigenvalue weighted by molar-refractivity contribution is -0.115. The number of carbonyl (C=O) groups excluding carboxylic acids is 1. The van der Waals surface area contributed by atoms with Crippen molar-refractivity contribution in [1.29, 1.82) is 0 Å². The number of hydrogen-bond acceptors (Lipinski definition) is 5. The van der Waals surface area contributed by atoms with Gasteiger partial charge in [0.05, 0.1) is 4.91 Å². The lowest BCUT2D eigenvalue weighted by Crippen LogP contribution is -2.17. The SMILES string of the molecule is Cc1ccc(C)c(OCCOc2ccccc2/C=C2\SC(=S)NC2=O)c1. The van der Waals surface area contributed by atoms with Crippen LogP contribution in [0.1, 0.15) is 16.7 Å². The number of ether oxygens (including phenoxy) is 2. The predicted octanol–water partition coefficient (Wildman–Crippen LogP) is 4.25. The molecule has 0 saturated carbocycles. The van der Waals surface area contributed by atoms with Crippen LogP contribution in [0.5, 0.6) is 11.5 Å². The van der Waals surface area contributed by atoms with Crippen LogP contribution in [0.25, 0.3) is 6.08 Å². The number of rotatable bonds is 6. The van der Waals surface area contributed by atoms with Crippen molar-refractivity contribution in [2.75, 3.05) is 13.2 Å². The maximum Gasteiger partial charge on any atom is 0.263 e. The quantitative estimate of drug-likeness (QED) is 0.458. The summed E-state index contributed by atoms with van der Waals surface area (Å²) in [4.78, 5) is 12.4. The summed E-state index contributed by atoms with van der Waals surface area (Å²) in [6, 6.07) is 13.7. The van der Waals surface area contributed by atoms with Crippen LogP contribution in [0.4, 0.5) is 0 Å². The van der Waals surface area contributed by atoms with Crippen LogP contribution in [-0.2, 0) is 4.79 Å². The van der Waals surface area contributed by atoms with Crippen molar-refractivity contribution < 1.29 is 14.3 Å². The van der Waals surface area contributed by atoms with Gasteiger partial charge in [-0.25, -0.2) is 0 Å². The van der Waals surface area contributed by atoms with Crippen LogP contribution in [0, 0.1) is 13.8 Å². The molecule has 1 aliphatic heterocycles. The number of aryl methyl sites for hydroxylation is 2. The monoisotopic (exact) mass is 385 g/mol. The topological polar surface area (TPSA) is 47.6 Å². The summed E-state index contributed by atoms with van der Waals surface area (Å²) in [6.45, 7) is 4.90. The number of hydrogen-bond donors (Lipinski definition) is 1. The Morgan fingerprint density at radius 2 is 1.81 bits per heavy atom. The van der Waals surface area contributed by atoms with Gasteiger partial charge in [0, 0.05) is 5.56 Å². The second-order valence-electron chi connectivity index (χ2n) is 5.86. The summed E-state index contributed by atoms with van der Waals surface area (Å²) >= 11 is 6.27. The van der Waals surface area contributed by atoms with E-state index < -0.39 is 0 Å². The fourth-order valence-electron chi connectivity index (χ4n) is 2.46. The number of carbonyl (C=O) groups is 1. The molecule has 4 nitrogen and oxygen atoms in total. The molecule has 1 heterocycles. The average Bonchev–Trinajstić information content (AvgIpc) is 2.93. The van der Waals surface area contributed by atoms with Crippen LogP contribution in [-0.4, -0.2) is 23.4 Å². The number of thioether (sulfide) groups is 1. The normalized spacial score (nSPS) is 15.2. The van der Waals surface area contributed by atoms with Crippen molar-refractivity contribution >= 4 is 40.3 Å². The van der Waals surface area contributed by atoms with E-state index in [0.717, 1.165) is 22.4 Å². The van der Waals surface area contributed by atoms with Crippen LogP contribution in [0.3, 0.4) is 0 Å². The second kappa shape index (κ2) is 8.38. The number of para-hydroxylation sites is 1. The van der Waals surface area contributed by atoms with Crippen LogP contribution in [0.15, 0.2) is 47.4 Å². The predicted molar refractivity (Wildman–Crippen MR) is 110 cm³/mol. The largest absolute Gasteiger partial charge is 0.490 e. The maximum absolute atomic E-state index is 11.8. The third kappa shape index (κ3) is 4.65. The van der Waals surface area contributed by atoms with Gasteiger partial charge in [0.25, 0.3) is 5.91 Å². The molecule has 0 atom stereocenters. The molecule has 2 aromatic rings. The third-order valence-electron chi connectivity index (χ3n) is 3.79. The molecule has 6 heteroatoms. The van der Waals surface area contributed by atoms with Gasteiger partial charge in [-0.15, -0.1) is 0 Å². The highest BCUT2D eigenvalue weighted by molar-refractivity contribution is 8.26. The van der Waals surface area contributed by atoms with Crippen molar-refractivity contribution in [3.8, 4) is 11.5 Å². The molecule has 1 N–H and O–H groups in total. The average molecular weight is 386 g/mol. The molecular formula is C20H19NO3S2. The van der Waals surface area contributed by atoms with E-state index >= 15 is 0 Å². The van der Waals surface area contributed by atoms with Gasteiger partial charge in [-0.05, 0) is 43.2 Å². The molecule has 2 aromatic carbocycles. The zero-order chi connectivity index (χ0) is 18.5. The molecule has 1 saturated heterocycles. The fourth-order valence-corrected chi connectivity index (χ4v) is 3.49. The minimum atomic E-state index is -0.173. The summed E-state index contributed by atoms with van der Waals surface area (Å²) in [5, 5.41) is 2.61. The lowest BCUT2D eigenvalue weighted by atomic mass is 10.1. The molecule has 0 bridgehead atoms. The summed E-state index contributed by atoms with van der Waals surface area (Å²) in [7, 11) is 0. The van der Waals surface area contributed by atoms with Gasteiger partial charge in [-0.1, -0.05) is 54.3 Å². The summed E-state index contributed by atoms with van der Waals surface area (Å²) in [5.41, 5.74) is 3.09. The zero-order valence-corrected chi connectivity index (χ0v) is 16.2. The molecule has 0 unspecified atom stereocenters. The third-order valence-corrected chi connectivity index (χ3v) is 4.95. The number of amides is 1. The number of benzene rings is 2. The Morgan fingerprint density at radius 3 is 2.54 bits per heavy atom. The molecule has 26 heavy (non-hydrogen) atoms. The van der Waals surface area contributed by atoms with Crippen LogP contribution in [0.2, 0.25) is 0 Å². The molecule has 1 amide bonds. The minimum absolute atomic E-state index is 0.173. The van der Waals surface area contributed by atoms with E-state index in [1.165, 1.54) is 11.8 Å². The smallest absolute Gasteiger partial charge is 0.263 e. The first kappa shape index (κ1) is 18.5. The Balaban J connectivity index is 1.62. The van der Waals surface area contributed by atoms with Crippen LogP contribution < -0.4 is 14.8 Å². The van der Waals surface area contributed by atoms with E-state index in [0.29, 0.717) is 28.2 Å². The van der Waals surface area contributed by atoms with Gasteiger partial charge >= 0.3 is 0 Å². The van der Waals surface area contributed by atoms with E-state index in [1.54, 1.807) is 6.08 Å². The molecule has 1 aliphatic rings. The summed E-state index contributed by atoms with van der Waals surface area (Å²) in [5.74, 6) is 1.40. The Labute approximate surface area is 162 Å². The van der Waals surface area contributed by atoms with E-state index in [-0.39, 0.29) is 5.91 Å². The maximum atomic E-state index is 11.8. The lowest BCUT2D eigenvalue weighted by Gasteiger charge is -2.12. The molecule has 3 rings (SSSR count). The zero-order valence-electron chi connectivity index (χ0n) is 14.6. The Bertz CT molecular complexity index is 877. The standard InChI is InChI=1S/C20H19NO3S2/c1-13-7-8-14(2)17(11-13)24-10-9-23-16-6-4-3-5-15(16)12-18-19(22)21-20(25)26-18/h3-8,11-12H,9-10H2,1-2H3,(H,21,22,25)/b18-12-. The van der Waals surface area contributed by atoms with Gasteiger partial charge in [-0.2, -0.15) is 0 Å². The van der Waals surface area contributed by atoms with Crippen molar-refractivity contribution in [2.45, 2.75) is 13.8 Å². The first-order valence-electron chi connectivity index (χ1n) is 8.19. The van der Waals surface area contributed by atoms with Crippen molar-refractivity contribution in [3.63, 3.8) is 0 Å². The van der Waals surface area contributed by atoms with Gasteiger partial charge in [0.2, 0.25) is 0 Å². The van der Waals surface area contributed by atoms with Crippen molar-refractivity contribution in [2.24, 2.45) is 0 Å². The highest BCUT2D eigenvalue weighted by Crippen LogP contribution is 2.29. The molecule has 0 radical (unpaired) electrons. The Morgan fingerprint density at radius 1 is 1.08 bits per heavy atom. The van der Waals surface area contributed by atoms with E-state index in [2.05, 4.69) is 11.4 Å². The first-order chi connectivity index (χ1) is 12.5. The van der Waals surface area contributed by atoms with E-state index in [1.807, 2.05) is 50.2 Å². The molecular weight excluding hydrogens is 366 g/mol. The van der Waals surface area contributed by atoms with Gasteiger partial charge in [0.1, 0.15) is 29.0 Å². The van der Waals surface area contributed by atoms with Gasteiger partial charge < -0.3 is 14.8 Å². The van der Waals surface area contributed by atoms with Crippen molar-refractivity contribution in [1.82, 2.24) is 5.32 Å². The highest BCUT2D eigenvalue weighted by Gasteiger charge is 2.22. The Hall–Kier alpha value is -2.31. The molecule has 0 aliphatic carbocycles. The number of nitrogens with one attached hydrogen (secondary N) is 1. The van der Waals surface area contributed by atoms with Crippen molar-refractivity contribution in [3.05, 3.63) is 64.1 Å². The highest BCUT2D eigenvalue weighted by atomic mass is 32.2. The fraction of sp³-hybridized carbons (Fsp3) is 0.200.